The molecule has 0 heterocycles. The number of carbonyl (C=O) groups is 1. The van der Waals surface area contributed by atoms with Crippen molar-refractivity contribution in [2.75, 3.05) is 6.61 Å². The molecule has 0 aliphatic carbocycles. The Bertz CT molecular complexity index is 604. The number of carboxylic acids is 1. The number of aryl methyl sites for hydroxylation is 1. The summed E-state index contributed by atoms with van der Waals surface area (Å²) in [5, 5.41) is 11.0. The second-order valence-corrected chi connectivity index (χ2v) is 5.29. The van der Waals surface area contributed by atoms with Crippen molar-refractivity contribution in [1.82, 2.24) is 0 Å². The predicted molar refractivity (Wildman–Crippen MR) is 84.9 cm³/mol. The Morgan fingerprint density at radius 2 is 1.86 bits per heavy atom. The number of carboxylic acid groups (broad SMARTS) is 1. The standard InChI is InChI=1S/C18H22O3/c1-2-3-11-21-17-10-9-15-12-14(5-4-6-18(19)20)7-8-16(15)13-17/h7-10,12-13H,2-6,11H2,1H3,(H,19,20). The maximum atomic E-state index is 10.5. The van der Waals surface area contributed by atoms with E-state index in [1.54, 1.807) is 0 Å². The largest absolute Gasteiger partial charge is 0.494 e. The van der Waals surface area contributed by atoms with E-state index in [9.17, 15) is 4.79 Å². The van der Waals surface area contributed by atoms with Gasteiger partial charge in [0.05, 0.1) is 6.61 Å². The molecule has 0 aliphatic heterocycles. The average Bonchev–Trinajstić information content (AvgIpc) is 2.47. The highest BCUT2D eigenvalue weighted by molar-refractivity contribution is 5.84. The van der Waals surface area contributed by atoms with E-state index >= 15 is 0 Å². The van der Waals surface area contributed by atoms with Crippen LogP contribution in [0.3, 0.4) is 0 Å². The molecule has 1 N–H and O–H groups in total. The number of unbranched alkanes of at least 4 members (excludes halogenated alkanes) is 1. The van der Waals surface area contributed by atoms with Crippen molar-refractivity contribution in [2.45, 2.75) is 39.0 Å². The Labute approximate surface area is 125 Å². The highest BCUT2D eigenvalue weighted by Crippen LogP contribution is 2.23. The molecule has 0 aliphatic rings. The van der Waals surface area contributed by atoms with Gasteiger partial charge in [0, 0.05) is 6.42 Å². The Hall–Kier alpha value is -2.03. The highest BCUT2D eigenvalue weighted by Gasteiger charge is 2.02. The number of benzene rings is 2. The summed E-state index contributed by atoms with van der Waals surface area (Å²) in [4.78, 5) is 10.5. The van der Waals surface area contributed by atoms with Crippen molar-refractivity contribution >= 4 is 16.7 Å². The van der Waals surface area contributed by atoms with Crippen LogP contribution in [0.4, 0.5) is 0 Å². The molecule has 3 heteroatoms. The van der Waals surface area contributed by atoms with Crippen molar-refractivity contribution in [3.63, 3.8) is 0 Å². The fourth-order valence-corrected chi connectivity index (χ4v) is 2.30. The highest BCUT2D eigenvalue weighted by atomic mass is 16.5. The first kappa shape index (κ1) is 15.4. The third-order valence-corrected chi connectivity index (χ3v) is 3.50. The number of fused-ring (bicyclic) bond motifs is 1. The molecule has 3 nitrogen and oxygen atoms in total. The third-order valence-electron chi connectivity index (χ3n) is 3.50. The van der Waals surface area contributed by atoms with Gasteiger partial charge < -0.3 is 9.84 Å². The second kappa shape index (κ2) is 7.67. The molecule has 2 aromatic carbocycles. The fourth-order valence-electron chi connectivity index (χ4n) is 2.30. The van der Waals surface area contributed by atoms with Crippen LogP contribution < -0.4 is 4.74 Å². The van der Waals surface area contributed by atoms with E-state index in [-0.39, 0.29) is 6.42 Å². The van der Waals surface area contributed by atoms with Gasteiger partial charge in [-0.05, 0) is 47.7 Å². The predicted octanol–water partition coefficient (Wildman–Crippen LogP) is 4.43. The minimum atomic E-state index is -0.732. The average molecular weight is 286 g/mol. The van der Waals surface area contributed by atoms with Crippen LogP contribution in [-0.4, -0.2) is 17.7 Å². The van der Waals surface area contributed by atoms with Gasteiger partial charge in [0.15, 0.2) is 0 Å². The van der Waals surface area contributed by atoms with Gasteiger partial charge in [-0.1, -0.05) is 37.6 Å². The molecule has 0 bridgehead atoms. The lowest BCUT2D eigenvalue weighted by Gasteiger charge is -2.08. The molecule has 112 valence electrons. The van der Waals surface area contributed by atoms with Crippen molar-refractivity contribution in [3.05, 3.63) is 42.0 Å². The van der Waals surface area contributed by atoms with E-state index in [2.05, 4.69) is 37.3 Å². The smallest absolute Gasteiger partial charge is 0.303 e. The zero-order chi connectivity index (χ0) is 15.1. The molecule has 0 radical (unpaired) electrons. The molecule has 2 aromatic rings. The Morgan fingerprint density at radius 1 is 1.10 bits per heavy atom. The van der Waals surface area contributed by atoms with E-state index in [4.69, 9.17) is 9.84 Å². The normalized spacial score (nSPS) is 10.7. The van der Waals surface area contributed by atoms with Gasteiger partial charge in [0.2, 0.25) is 0 Å². The summed E-state index contributed by atoms with van der Waals surface area (Å²) < 4.78 is 5.71. The monoisotopic (exact) mass is 286 g/mol. The molecule has 0 saturated carbocycles. The van der Waals surface area contributed by atoms with Crippen molar-refractivity contribution in [2.24, 2.45) is 0 Å². The summed E-state index contributed by atoms with van der Waals surface area (Å²) in [6.07, 6.45) is 3.91. The topological polar surface area (TPSA) is 46.5 Å². The molecule has 2 rings (SSSR count). The molecule has 21 heavy (non-hydrogen) atoms. The number of hydrogen-bond donors (Lipinski definition) is 1. The minimum Gasteiger partial charge on any atom is -0.494 e. The fraction of sp³-hybridized carbons (Fsp3) is 0.389. The maximum Gasteiger partial charge on any atom is 0.303 e. The minimum absolute atomic E-state index is 0.224. The lowest BCUT2D eigenvalue weighted by molar-refractivity contribution is -0.137. The van der Waals surface area contributed by atoms with E-state index < -0.39 is 5.97 Å². The van der Waals surface area contributed by atoms with E-state index in [1.165, 1.54) is 10.9 Å². The maximum absolute atomic E-state index is 10.5. The summed E-state index contributed by atoms with van der Waals surface area (Å²) in [6, 6.07) is 12.4. The number of hydrogen-bond acceptors (Lipinski definition) is 2. The van der Waals surface area contributed by atoms with Crippen LogP contribution in [0.5, 0.6) is 5.75 Å². The summed E-state index contributed by atoms with van der Waals surface area (Å²) >= 11 is 0. The van der Waals surface area contributed by atoms with Gasteiger partial charge in [0.25, 0.3) is 0 Å². The van der Waals surface area contributed by atoms with Gasteiger partial charge in [-0.2, -0.15) is 0 Å². The van der Waals surface area contributed by atoms with Gasteiger partial charge in [-0.3, -0.25) is 4.79 Å². The SMILES string of the molecule is CCCCOc1ccc2cc(CCCC(=O)O)ccc2c1. The lowest BCUT2D eigenvalue weighted by atomic mass is 10.0. The molecule has 0 fully saturated rings. The van der Waals surface area contributed by atoms with Crippen LogP contribution in [0, 0.1) is 0 Å². The van der Waals surface area contributed by atoms with Crippen molar-refractivity contribution in [3.8, 4) is 5.75 Å². The Morgan fingerprint density at radius 3 is 2.62 bits per heavy atom. The van der Waals surface area contributed by atoms with Gasteiger partial charge in [0.1, 0.15) is 5.75 Å². The van der Waals surface area contributed by atoms with Crippen LogP contribution in [-0.2, 0) is 11.2 Å². The molecule has 0 amide bonds. The molecular formula is C18H22O3. The molecule has 0 saturated heterocycles. The molecule has 0 atom stereocenters. The zero-order valence-electron chi connectivity index (χ0n) is 12.5. The molecule has 0 unspecified atom stereocenters. The first-order valence-electron chi connectivity index (χ1n) is 7.56. The van der Waals surface area contributed by atoms with Crippen LogP contribution in [0.25, 0.3) is 10.8 Å². The summed E-state index contributed by atoms with van der Waals surface area (Å²) in [7, 11) is 0. The van der Waals surface area contributed by atoms with E-state index in [1.807, 2.05) is 6.07 Å². The molecular weight excluding hydrogens is 264 g/mol. The van der Waals surface area contributed by atoms with Gasteiger partial charge >= 0.3 is 5.97 Å². The summed E-state index contributed by atoms with van der Waals surface area (Å²) in [6.45, 7) is 2.91. The van der Waals surface area contributed by atoms with Crippen LogP contribution >= 0.6 is 0 Å². The van der Waals surface area contributed by atoms with Crippen LogP contribution in [0.15, 0.2) is 36.4 Å². The first-order valence-corrected chi connectivity index (χ1v) is 7.56. The van der Waals surface area contributed by atoms with Crippen LogP contribution in [0.2, 0.25) is 0 Å². The van der Waals surface area contributed by atoms with Crippen molar-refractivity contribution < 1.29 is 14.6 Å². The van der Waals surface area contributed by atoms with E-state index in [0.29, 0.717) is 6.42 Å². The number of aliphatic carboxylic acids is 1. The Balaban J connectivity index is 2.03. The number of rotatable bonds is 8. The zero-order valence-corrected chi connectivity index (χ0v) is 12.5. The third kappa shape index (κ3) is 4.78. The first-order chi connectivity index (χ1) is 10.2. The van der Waals surface area contributed by atoms with Gasteiger partial charge in [-0.15, -0.1) is 0 Å². The molecule has 0 spiro atoms. The molecule has 0 aromatic heterocycles. The quantitative estimate of drug-likeness (QED) is 0.730. The van der Waals surface area contributed by atoms with Crippen molar-refractivity contribution in [1.29, 1.82) is 0 Å². The van der Waals surface area contributed by atoms with Crippen LogP contribution in [0.1, 0.15) is 38.2 Å². The Kier molecular flexibility index (Phi) is 5.61. The number of ether oxygens (including phenoxy) is 1. The summed E-state index contributed by atoms with van der Waals surface area (Å²) in [5.74, 6) is 0.180. The van der Waals surface area contributed by atoms with E-state index in [0.717, 1.165) is 37.0 Å². The van der Waals surface area contributed by atoms with Gasteiger partial charge in [-0.25, -0.2) is 0 Å². The summed E-state index contributed by atoms with van der Waals surface area (Å²) in [5.41, 5.74) is 1.18. The lowest BCUT2D eigenvalue weighted by Crippen LogP contribution is -1.96. The second-order valence-electron chi connectivity index (χ2n) is 5.29.